The number of nitrogens with zero attached hydrogens (tertiary/aromatic N) is 3. The van der Waals surface area contributed by atoms with Gasteiger partial charge in [0.25, 0.3) is 0 Å². The maximum Gasteiger partial charge on any atom is 0.407 e. The summed E-state index contributed by atoms with van der Waals surface area (Å²) in [5.41, 5.74) is 2.14. The first kappa shape index (κ1) is 22.2. The molecule has 0 saturated heterocycles. The van der Waals surface area contributed by atoms with Gasteiger partial charge >= 0.3 is 6.09 Å². The molecule has 0 bridgehead atoms. The second kappa shape index (κ2) is 9.11. The van der Waals surface area contributed by atoms with Gasteiger partial charge < -0.3 is 20.2 Å². The fourth-order valence-electron chi connectivity index (χ4n) is 4.39. The van der Waals surface area contributed by atoms with Gasteiger partial charge in [-0.25, -0.2) is 9.78 Å². The molecule has 30 heavy (non-hydrogen) atoms. The Labute approximate surface area is 180 Å². The average Bonchev–Trinajstić information content (AvgIpc) is 2.67. The topological polar surface area (TPSA) is 68.7 Å². The predicted molar refractivity (Wildman–Crippen MR) is 124 cm³/mol. The second-order valence-electron chi connectivity index (χ2n) is 10.0. The maximum absolute atomic E-state index is 11.7. The van der Waals surface area contributed by atoms with Gasteiger partial charge in [-0.15, -0.1) is 0 Å². The van der Waals surface area contributed by atoms with E-state index in [1.54, 1.807) is 4.90 Å². The summed E-state index contributed by atoms with van der Waals surface area (Å²) in [5.74, 6) is 1.35. The first-order valence-electron chi connectivity index (χ1n) is 10.9. The van der Waals surface area contributed by atoms with E-state index in [-0.39, 0.29) is 5.41 Å². The van der Waals surface area contributed by atoms with Gasteiger partial charge in [0.1, 0.15) is 5.82 Å². The largest absolute Gasteiger partial charge is 0.465 e. The van der Waals surface area contributed by atoms with E-state index in [1.807, 2.05) is 12.1 Å². The number of amides is 1. The molecule has 1 aromatic heterocycles. The van der Waals surface area contributed by atoms with E-state index in [0.717, 1.165) is 48.1 Å². The molecule has 1 heterocycles. The lowest BCUT2D eigenvalue weighted by Crippen LogP contribution is -2.41. The van der Waals surface area contributed by atoms with Crippen LogP contribution in [0.15, 0.2) is 30.3 Å². The van der Waals surface area contributed by atoms with Crippen molar-refractivity contribution >= 4 is 28.5 Å². The average molecular weight is 413 g/mol. The van der Waals surface area contributed by atoms with Crippen LogP contribution >= 0.6 is 0 Å². The fourth-order valence-corrected chi connectivity index (χ4v) is 4.39. The Balaban J connectivity index is 1.61. The summed E-state index contributed by atoms with van der Waals surface area (Å²) >= 11 is 0. The van der Waals surface area contributed by atoms with Gasteiger partial charge in [0.15, 0.2) is 0 Å². The van der Waals surface area contributed by atoms with Gasteiger partial charge in [-0.3, -0.25) is 0 Å². The van der Waals surface area contributed by atoms with Gasteiger partial charge in [0.2, 0.25) is 0 Å². The second-order valence-corrected chi connectivity index (χ2v) is 10.0. The molecule has 0 spiro atoms. The lowest BCUT2D eigenvalue weighted by atomic mass is 9.85. The summed E-state index contributed by atoms with van der Waals surface area (Å²) in [4.78, 5) is 20.2. The minimum Gasteiger partial charge on any atom is -0.465 e. The van der Waals surface area contributed by atoms with Crippen LogP contribution in [0.4, 0.5) is 16.3 Å². The zero-order valence-electron chi connectivity index (χ0n) is 19.0. The van der Waals surface area contributed by atoms with Gasteiger partial charge in [-0.1, -0.05) is 39.0 Å². The van der Waals surface area contributed by atoms with Crippen LogP contribution in [0, 0.1) is 11.3 Å². The highest BCUT2D eigenvalue weighted by Gasteiger charge is 2.27. The molecular formula is C24H36N4O2. The van der Waals surface area contributed by atoms with Crippen molar-refractivity contribution in [1.82, 2.24) is 9.88 Å². The maximum atomic E-state index is 11.7. The summed E-state index contributed by atoms with van der Waals surface area (Å²) in [6.45, 7) is 7.47. The molecule has 2 aromatic rings. The molecule has 0 unspecified atom stereocenters. The Bertz CT molecular complexity index is 867. The van der Waals surface area contributed by atoms with Gasteiger partial charge in [-0.05, 0) is 43.1 Å². The summed E-state index contributed by atoms with van der Waals surface area (Å²) in [6.07, 6.45) is 3.36. The number of anilines is 2. The van der Waals surface area contributed by atoms with Crippen molar-refractivity contribution in [1.29, 1.82) is 0 Å². The van der Waals surface area contributed by atoms with Gasteiger partial charge in [0, 0.05) is 50.4 Å². The number of carbonyl (C=O) groups is 1. The molecule has 2 N–H and O–H groups in total. The Morgan fingerprint density at radius 2 is 1.83 bits per heavy atom. The van der Waals surface area contributed by atoms with Crippen LogP contribution in [0.3, 0.4) is 0 Å². The molecule has 0 radical (unpaired) electrons. The first-order valence-corrected chi connectivity index (χ1v) is 10.9. The molecule has 0 aliphatic heterocycles. The quantitative estimate of drug-likeness (QED) is 0.674. The highest BCUT2D eigenvalue weighted by molar-refractivity contribution is 5.93. The number of aromatic nitrogens is 1. The van der Waals surface area contributed by atoms with Crippen molar-refractivity contribution in [2.45, 2.75) is 52.5 Å². The Morgan fingerprint density at radius 1 is 1.17 bits per heavy atom. The summed E-state index contributed by atoms with van der Waals surface area (Å²) < 4.78 is 0. The molecule has 1 aliphatic rings. The molecule has 1 aliphatic carbocycles. The molecule has 3 rings (SSSR count). The summed E-state index contributed by atoms with van der Waals surface area (Å²) in [5, 5.41) is 14.4. The van der Waals surface area contributed by atoms with Crippen LogP contribution in [-0.4, -0.2) is 54.3 Å². The standard InChI is InChI=1S/C24H36N4O2/c1-24(2,3)16-28(23(29)30)15-17-10-12-18(13-11-17)25-22-14-21(27(4)5)19-8-6-7-9-20(19)26-22/h6-9,14,17-18H,10-13,15-16H2,1-5H3,(H,25,26)(H,29,30). The van der Waals surface area contributed by atoms with E-state index >= 15 is 0 Å². The SMILES string of the molecule is CN(C)c1cc(NC2CCC(CN(CC(C)(C)C)C(=O)O)CC2)nc2ccccc12. The summed E-state index contributed by atoms with van der Waals surface area (Å²) in [7, 11) is 4.12. The number of fused-ring (bicyclic) bond motifs is 1. The van der Waals surface area contributed by atoms with Crippen molar-refractivity contribution in [3.05, 3.63) is 30.3 Å². The monoisotopic (exact) mass is 412 g/mol. The molecular weight excluding hydrogens is 376 g/mol. The molecule has 1 fully saturated rings. The van der Waals surface area contributed by atoms with E-state index in [2.05, 4.69) is 63.3 Å². The Kier molecular flexibility index (Phi) is 6.74. The zero-order chi connectivity index (χ0) is 21.9. The lowest BCUT2D eigenvalue weighted by Gasteiger charge is -2.34. The molecule has 164 valence electrons. The molecule has 6 heteroatoms. The third-order valence-electron chi connectivity index (χ3n) is 5.79. The number of hydrogen-bond acceptors (Lipinski definition) is 4. The molecule has 6 nitrogen and oxygen atoms in total. The number of para-hydroxylation sites is 1. The molecule has 1 aromatic carbocycles. The zero-order valence-corrected chi connectivity index (χ0v) is 19.0. The van der Waals surface area contributed by atoms with Crippen LogP contribution in [0.5, 0.6) is 0 Å². The van der Waals surface area contributed by atoms with E-state index in [9.17, 15) is 9.90 Å². The van der Waals surface area contributed by atoms with Crippen molar-refractivity contribution in [3.63, 3.8) is 0 Å². The smallest absolute Gasteiger partial charge is 0.407 e. The number of carboxylic acid groups (broad SMARTS) is 1. The van der Waals surface area contributed by atoms with Gasteiger partial charge in [0.05, 0.1) is 5.52 Å². The van der Waals surface area contributed by atoms with Crippen molar-refractivity contribution in [2.75, 3.05) is 37.4 Å². The summed E-state index contributed by atoms with van der Waals surface area (Å²) in [6, 6.07) is 10.7. The van der Waals surface area contributed by atoms with Crippen molar-refractivity contribution in [2.24, 2.45) is 11.3 Å². The van der Waals surface area contributed by atoms with E-state index < -0.39 is 6.09 Å². The van der Waals surface area contributed by atoms with Crippen LogP contribution in [0.2, 0.25) is 0 Å². The molecule has 1 amide bonds. The highest BCUT2D eigenvalue weighted by atomic mass is 16.4. The first-order chi connectivity index (χ1) is 14.1. The van der Waals surface area contributed by atoms with Crippen LogP contribution in [-0.2, 0) is 0 Å². The number of benzene rings is 1. The lowest BCUT2D eigenvalue weighted by molar-refractivity contribution is 0.110. The van der Waals surface area contributed by atoms with E-state index in [0.29, 0.717) is 25.0 Å². The molecule has 0 atom stereocenters. The van der Waals surface area contributed by atoms with E-state index in [4.69, 9.17) is 4.98 Å². The molecule has 1 saturated carbocycles. The van der Waals surface area contributed by atoms with Crippen LogP contribution in [0.25, 0.3) is 10.9 Å². The number of hydrogen-bond donors (Lipinski definition) is 2. The van der Waals surface area contributed by atoms with E-state index in [1.165, 1.54) is 0 Å². The normalized spacial score (nSPS) is 19.5. The third-order valence-corrected chi connectivity index (χ3v) is 5.79. The highest BCUT2D eigenvalue weighted by Crippen LogP contribution is 2.31. The minimum absolute atomic E-state index is 0.0248. The van der Waals surface area contributed by atoms with Gasteiger partial charge in [-0.2, -0.15) is 0 Å². The predicted octanol–water partition coefficient (Wildman–Crippen LogP) is 5.30. The van der Waals surface area contributed by atoms with Crippen molar-refractivity contribution < 1.29 is 9.90 Å². The van der Waals surface area contributed by atoms with Crippen LogP contribution in [0.1, 0.15) is 46.5 Å². The minimum atomic E-state index is -0.804. The fraction of sp³-hybridized carbons (Fsp3) is 0.583. The third kappa shape index (κ3) is 5.77. The Morgan fingerprint density at radius 3 is 2.43 bits per heavy atom. The number of nitrogens with one attached hydrogen (secondary N) is 1. The van der Waals surface area contributed by atoms with Crippen molar-refractivity contribution in [3.8, 4) is 0 Å². The number of pyridine rings is 1. The number of rotatable bonds is 6. The Hall–Kier alpha value is -2.50. The van der Waals surface area contributed by atoms with Crippen LogP contribution < -0.4 is 10.2 Å².